The second-order valence-corrected chi connectivity index (χ2v) is 5.33. The molecule has 0 radical (unpaired) electrons. The van der Waals surface area contributed by atoms with Crippen LogP contribution in [0.5, 0.6) is 17.2 Å². The van der Waals surface area contributed by atoms with Crippen molar-refractivity contribution in [2.45, 2.75) is 12.5 Å². The molecule has 1 aliphatic rings. The average molecular weight is 313 g/mol. The Hall–Kier alpha value is -2.69. The van der Waals surface area contributed by atoms with Crippen LogP contribution in [0.2, 0.25) is 0 Å². The van der Waals surface area contributed by atoms with E-state index < -0.39 is 0 Å². The van der Waals surface area contributed by atoms with Gasteiger partial charge in [0.25, 0.3) is 0 Å². The molecule has 1 atom stereocenters. The lowest BCUT2D eigenvalue weighted by Crippen LogP contribution is -2.41. The first kappa shape index (κ1) is 15.2. The zero-order valence-electron chi connectivity index (χ0n) is 13.0. The zero-order valence-corrected chi connectivity index (χ0v) is 13.0. The zero-order chi connectivity index (χ0) is 16.1. The summed E-state index contributed by atoms with van der Waals surface area (Å²) in [4.78, 5) is 12.1. The van der Waals surface area contributed by atoms with E-state index in [-0.39, 0.29) is 12.0 Å². The standard InChI is InChI=1S/C18H19NO4/c1-21-14-6-4-5-13(9-14)10-18(20)19-11-15-12-22-16-7-2-3-8-17(16)23-15/h2-9,15H,10-12H2,1H3,(H,19,20). The highest BCUT2D eigenvalue weighted by atomic mass is 16.6. The first-order chi connectivity index (χ1) is 11.2. The molecule has 2 aromatic carbocycles. The van der Waals surface area contributed by atoms with E-state index in [1.54, 1.807) is 7.11 Å². The Morgan fingerprint density at radius 1 is 1.22 bits per heavy atom. The third-order valence-electron chi connectivity index (χ3n) is 3.59. The Morgan fingerprint density at radius 3 is 2.87 bits per heavy atom. The monoisotopic (exact) mass is 313 g/mol. The number of para-hydroxylation sites is 2. The van der Waals surface area contributed by atoms with Gasteiger partial charge in [0.05, 0.1) is 20.1 Å². The minimum Gasteiger partial charge on any atom is -0.497 e. The summed E-state index contributed by atoms with van der Waals surface area (Å²) in [5, 5.41) is 2.88. The minimum atomic E-state index is -0.181. The van der Waals surface area contributed by atoms with Crippen molar-refractivity contribution in [2.75, 3.05) is 20.3 Å². The van der Waals surface area contributed by atoms with Crippen molar-refractivity contribution in [3.8, 4) is 17.2 Å². The van der Waals surface area contributed by atoms with Crippen LogP contribution in [0.4, 0.5) is 0 Å². The first-order valence-electron chi connectivity index (χ1n) is 7.52. The summed E-state index contributed by atoms with van der Waals surface area (Å²) in [5.74, 6) is 2.15. The predicted molar refractivity (Wildman–Crippen MR) is 86.1 cm³/mol. The lowest BCUT2D eigenvalue weighted by molar-refractivity contribution is -0.120. The average Bonchev–Trinajstić information content (AvgIpc) is 2.60. The fourth-order valence-electron chi connectivity index (χ4n) is 2.42. The summed E-state index contributed by atoms with van der Waals surface area (Å²) in [5.41, 5.74) is 0.910. The van der Waals surface area contributed by atoms with Gasteiger partial charge in [0.15, 0.2) is 11.5 Å². The van der Waals surface area contributed by atoms with Crippen LogP contribution < -0.4 is 19.5 Å². The summed E-state index contributed by atoms with van der Waals surface area (Å²) in [7, 11) is 1.61. The molecule has 0 saturated carbocycles. The van der Waals surface area contributed by atoms with Gasteiger partial charge in [-0.1, -0.05) is 24.3 Å². The molecule has 5 heteroatoms. The molecule has 0 spiro atoms. The molecular formula is C18H19NO4. The van der Waals surface area contributed by atoms with E-state index >= 15 is 0 Å². The fourth-order valence-corrected chi connectivity index (χ4v) is 2.42. The number of carbonyl (C=O) groups is 1. The van der Waals surface area contributed by atoms with E-state index in [1.807, 2.05) is 48.5 Å². The molecule has 5 nitrogen and oxygen atoms in total. The lowest BCUT2D eigenvalue weighted by Gasteiger charge is -2.26. The molecule has 1 N–H and O–H groups in total. The number of carbonyl (C=O) groups excluding carboxylic acids is 1. The first-order valence-corrected chi connectivity index (χ1v) is 7.52. The van der Waals surface area contributed by atoms with Gasteiger partial charge in [-0.05, 0) is 29.8 Å². The highest BCUT2D eigenvalue weighted by Crippen LogP contribution is 2.30. The van der Waals surface area contributed by atoms with Crippen LogP contribution in [0.15, 0.2) is 48.5 Å². The summed E-state index contributed by atoms with van der Waals surface area (Å²) in [6.45, 7) is 0.841. The number of amides is 1. The Bertz CT molecular complexity index is 686. The van der Waals surface area contributed by atoms with Gasteiger partial charge in [0.2, 0.25) is 5.91 Å². The fraction of sp³-hybridized carbons (Fsp3) is 0.278. The number of benzene rings is 2. The largest absolute Gasteiger partial charge is 0.497 e. The summed E-state index contributed by atoms with van der Waals surface area (Å²) < 4.78 is 16.6. The van der Waals surface area contributed by atoms with E-state index in [4.69, 9.17) is 14.2 Å². The van der Waals surface area contributed by atoms with Crippen LogP contribution in [0, 0.1) is 0 Å². The topological polar surface area (TPSA) is 56.8 Å². The van der Waals surface area contributed by atoms with Gasteiger partial charge >= 0.3 is 0 Å². The van der Waals surface area contributed by atoms with Crippen molar-refractivity contribution in [3.63, 3.8) is 0 Å². The van der Waals surface area contributed by atoms with Gasteiger partial charge in [-0.15, -0.1) is 0 Å². The van der Waals surface area contributed by atoms with E-state index in [0.717, 1.165) is 17.1 Å². The van der Waals surface area contributed by atoms with E-state index in [0.29, 0.717) is 25.3 Å². The van der Waals surface area contributed by atoms with Gasteiger partial charge in [-0.3, -0.25) is 4.79 Å². The van der Waals surface area contributed by atoms with Crippen molar-refractivity contribution >= 4 is 5.91 Å². The molecule has 0 fully saturated rings. The third kappa shape index (κ3) is 3.94. The molecule has 120 valence electrons. The van der Waals surface area contributed by atoms with Gasteiger partial charge < -0.3 is 19.5 Å². The summed E-state index contributed by atoms with van der Waals surface area (Å²) in [6.07, 6.45) is 0.126. The maximum Gasteiger partial charge on any atom is 0.224 e. The van der Waals surface area contributed by atoms with Crippen LogP contribution in [0.3, 0.4) is 0 Å². The molecule has 3 rings (SSSR count). The van der Waals surface area contributed by atoms with Crippen molar-refractivity contribution in [1.82, 2.24) is 5.32 Å². The van der Waals surface area contributed by atoms with Gasteiger partial charge in [-0.25, -0.2) is 0 Å². The predicted octanol–water partition coefficient (Wildman–Crippen LogP) is 2.19. The quantitative estimate of drug-likeness (QED) is 0.919. The Morgan fingerprint density at radius 2 is 2.04 bits per heavy atom. The van der Waals surface area contributed by atoms with E-state index in [2.05, 4.69) is 5.32 Å². The van der Waals surface area contributed by atoms with Gasteiger partial charge in [-0.2, -0.15) is 0 Å². The lowest BCUT2D eigenvalue weighted by atomic mass is 10.1. The van der Waals surface area contributed by atoms with E-state index in [1.165, 1.54) is 0 Å². The molecule has 23 heavy (non-hydrogen) atoms. The van der Waals surface area contributed by atoms with Crippen LogP contribution in [-0.4, -0.2) is 32.3 Å². The summed E-state index contributed by atoms with van der Waals surface area (Å²) >= 11 is 0. The van der Waals surface area contributed by atoms with Crippen molar-refractivity contribution in [2.24, 2.45) is 0 Å². The molecule has 2 aromatic rings. The summed E-state index contributed by atoms with van der Waals surface area (Å²) in [6, 6.07) is 15.0. The Balaban J connectivity index is 1.50. The maximum atomic E-state index is 12.1. The molecule has 1 unspecified atom stereocenters. The van der Waals surface area contributed by atoms with Crippen molar-refractivity contribution in [3.05, 3.63) is 54.1 Å². The molecular weight excluding hydrogens is 294 g/mol. The molecule has 0 bridgehead atoms. The molecule has 1 amide bonds. The smallest absolute Gasteiger partial charge is 0.224 e. The highest BCUT2D eigenvalue weighted by Gasteiger charge is 2.20. The van der Waals surface area contributed by atoms with Crippen LogP contribution >= 0.6 is 0 Å². The molecule has 0 aromatic heterocycles. The highest BCUT2D eigenvalue weighted by molar-refractivity contribution is 5.78. The minimum absolute atomic E-state index is 0.0549. The SMILES string of the molecule is COc1cccc(CC(=O)NCC2COc3ccccc3O2)c1. The second kappa shape index (κ2) is 7.05. The number of methoxy groups -OCH3 is 1. The van der Waals surface area contributed by atoms with Crippen molar-refractivity contribution < 1.29 is 19.0 Å². The van der Waals surface area contributed by atoms with Crippen LogP contribution in [-0.2, 0) is 11.2 Å². The van der Waals surface area contributed by atoms with Crippen molar-refractivity contribution in [1.29, 1.82) is 0 Å². The number of rotatable bonds is 5. The number of nitrogens with one attached hydrogen (secondary N) is 1. The molecule has 1 heterocycles. The molecule has 0 aliphatic carbocycles. The number of hydrogen-bond acceptors (Lipinski definition) is 4. The van der Waals surface area contributed by atoms with Gasteiger partial charge in [0, 0.05) is 0 Å². The van der Waals surface area contributed by atoms with E-state index in [9.17, 15) is 4.79 Å². The number of fused-ring (bicyclic) bond motifs is 1. The number of ether oxygens (including phenoxy) is 3. The molecule has 0 saturated heterocycles. The van der Waals surface area contributed by atoms with Crippen LogP contribution in [0.1, 0.15) is 5.56 Å². The Labute approximate surface area is 135 Å². The maximum absolute atomic E-state index is 12.1. The Kier molecular flexibility index (Phi) is 4.66. The molecule has 1 aliphatic heterocycles. The van der Waals surface area contributed by atoms with Crippen LogP contribution in [0.25, 0.3) is 0 Å². The normalized spacial score (nSPS) is 15.8. The third-order valence-corrected chi connectivity index (χ3v) is 3.59. The van der Waals surface area contributed by atoms with Gasteiger partial charge in [0.1, 0.15) is 18.5 Å². The second-order valence-electron chi connectivity index (χ2n) is 5.33. The number of hydrogen-bond donors (Lipinski definition) is 1.